The average molecular weight is 376 g/mol. The molecule has 24 heavy (non-hydrogen) atoms. The molecule has 2 N–H and O–H groups in total. The predicted octanol–water partition coefficient (Wildman–Crippen LogP) is 2.74. The molecule has 1 aliphatic heterocycles. The van der Waals surface area contributed by atoms with Gasteiger partial charge in [0, 0.05) is 6.04 Å². The highest BCUT2D eigenvalue weighted by Crippen LogP contribution is 2.22. The number of carbonyl (C=O) groups is 1. The minimum atomic E-state index is -0.0128. The van der Waals surface area contributed by atoms with E-state index in [9.17, 15) is 4.79 Å². The summed E-state index contributed by atoms with van der Waals surface area (Å²) in [6.45, 7) is 5.85. The molecular weight excluding hydrogens is 353 g/mol. The lowest BCUT2D eigenvalue weighted by Gasteiger charge is -2.30. The van der Waals surface area contributed by atoms with Crippen LogP contribution in [0.4, 0.5) is 0 Å². The lowest BCUT2D eigenvalue weighted by Crippen LogP contribution is -2.48. The molecule has 0 saturated carbocycles. The lowest BCUT2D eigenvalue weighted by molar-refractivity contribution is -0.121. The van der Waals surface area contributed by atoms with E-state index in [2.05, 4.69) is 22.5 Å². The zero-order valence-electron chi connectivity index (χ0n) is 13.7. The third kappa shape index (κ3) is 4.75. The summed E-state index contributed by atoms with van der Waals surface area (Å²) in [6, 6.07) is 3.79. The van der Waals surface area contributed by atoms with E-state index in [1.54, 1.807) is 18.4 Å². The van der Waals surface area contributed by atoms with Crippen LogP contribution < -0.4 is 10.6 Å². The summed E-state index contributed by atoms with van der Waals surface area (Å²) < 4.78 is 10.8. The maximum absolute atomic E-state index is 12.2. The second-order valence-electron chi connectivity index (χ2n) is 5.82. The molecule has 6 nitrogen and oxygen atoms in total. The summed E-state index contributed by atoms with van der Waals surface area (Å²) in [6.07, 6.45) is 2.76. The molecule has 0 radical (unpaired) electrons. The summed E-state index contributed by atoms with van der Waals surface area (Å²) in [5.74, 6) is 2.07. The highest BCUT2D eigenvalue weighted by atomic mass is 35.5. The Bertz CT molecular complexity index is 643. The Morgan fingerprint density at radius 2 is 2.25 bits per heavy atom. The van der Waals surface area contributed by atoms with E-state index in [4.69, 9.17) is 8.83 Å². The van der Waals surface area contributed by atoms with Crippen molar-refractivity contribution >= 4 is 30.7 Å². The Kier molecular flexibility index (Phi) is 7.79. The van der Waals surface area contributed by atoms with Gasteiger partial charge in [0.25, 0.3) is 5.89 Å². The van der Waals surface area contributed by atoms with Crippen molar-refractivity contribution in [2.75, 3.05) is 13.1 Å². The minimum absolute atomic E-state index is 0. The molecule has 3 rings (SSSR count). The van der Waals surface area contributed by atoms with Gasteiger partial charge in [-0.3, -0.25) is 4.79 Å². The first kappa shape index (κ1) is 20.5. The minimum Gasteiger partial charge on any atom is -0.459 e. The van der Waals surface area contributed by atoms with Crippen LogP contribution in [0.15, 0.2) is 27.2 Å². The molecule has 134 valence electrons. The second kappa shape index (κ2) is 9.11. The maximum Gasteiger partial charge on any atom is 0.263 e. The summed E-state index contributed by atoms with van der Waals surface area (Å²) in [4.78, 5) is 16.6. The van der Waals surface area contributed by atoms with Gasteiger partial charge in [0.2, 0.25) is 5.91 Å². The molecule has 0 aliphatic carbocycles. The molecule has 2 atom stereocenters. The Labute approximate surface area is 153 Å². The van der Waals surface area contributed by atoms with E-state index in [-0.39, 0.29) is 43.2 Å². The number of hydrogen-bond acceptors (Lipinski definition) is 5. The van der Waals surface area contributed by atoms with Gasteiger partial charge in [0.05, 0.1) is 18.4 Å². The fourth-order valence-electron chi connectivity index (χ4n) is 2.74. The number of furan rings is 1. The van der Waals surface area contributed by atoms with Crippen LogP contribution in [0.2, 0.25) is 0 Å². The van der Waals surface area contributed by atoms with Crippen LogP contribution in [-0.4, -0.2) is 30.0 Å². The fourth-order valence-corrected chi connectivity index (χ4v) is 2.74. The summed E-state index contributed by atoms with van der Waals surface area (Å²) in [5, 5.41) is 6.43. The maximum atomic E-state index is 12.2. The molecule has 3 heterocycles. The van der Waals surface area contributed by atoms with Crippen molar-refractivity contribution in [3.63, 3.8) is 0 Å². The van der Waals surface area contributed by atoms with Gasteiger partial charge >= 0.3 is 0 Å². The SMILES string of the molecule is Cc1oc(-c2ccco2)nc1CC(=O)NC1CCNCC1C.Cl.Cl. The first-order chi connectivity index (χ1) is 10.6. The predicted molar refractivity (Wildman–Crippen MR) is 95.7 cm³/mol. The van der Waals surface area contributed by atoms with Crippen LogP contribution in [0.25, 0.3) is 11.7 Å². The number of oxazole rings is 1. The van der Waals surface area contributed by atoms with Crippen LogP contribution >= 0.6 is 24.8 Å². The summed E-state index contributed by atoms with van der Waals surface area (Å²) >= 11 is 0. The van der Waals surface area contributed by atoms with Crippen molar-refractivity contribution in [2.45, 2.75) is 32.7 Å². The van der Waals surface area contributed by atoms with E-state index >= 15 is 0 Å². The van der Waals surface area contributed by atoms with Crippen LogP contribution in [-0.2, 0) is 11.2 Å². The smallest absolute Gasteiger partial charge is 0.263 e. The van der Waals surface area contributed by atoms with E-state index in [1.807, 2.05) is 6.92 Å². The van der Waals surface area contributed by atoms with Crippen LogP contribution in [0, 0.1) is 12.8 Å². The zero-order valence-corrected chi connectivity index (χ0v) is 15.3. The number of rotatable bonds is 4. The zero-order chi connectivity index (χ0) is 15.5. The van der Waals surface area contributed by atoms with E-state index in [1.165, 1.54) is 0 Å². The number of nitrogens with one attached hydrogen (secondary N) is 2. The molecule has 2 unspecified atom stereocenters. The first-order valence-corrected chi connectivity index (χ1v) is 7.63. The molecule has 1 saturated heterocycles. The molecule has 0 spiro atoms. The average Bonchev–Trinajstić information content (AvgIpc) is 3.12. The van der Waals surface area contributed by atoms with Gasteiger partial charge < -0.3 is 19.5 Å². The summed E-state index contributed by atoms with van der Waals surface area (Å²) in [5.41, 5.74) is 0.658. The topological polar surface area (TPSA) is 80.3 Å². The Morgan fingerprint density at radius 1 is 1.46 bits per heavy atom. The number of aryl methyl sites for hydroxylation is 1. The molecule has 1 amide bonds. The highest BCUT2D eigenvalue weighted by molar-refractivity contribution is 5.85. The Morgan fingerprint density at radius 3 is 2.92 bits per heavy atom. The van der Waals surface area contributed by atoms with Crippen LogP contribution in [0.1, 0.15) is 24.8 Å². The van der Waals surface area contributed by atoms with E-state index in [0.29, 0.717) is 29.0 Å². The monoisotopic (exact) mass is 375 g/mol. The number of amides is 1. The van der Waals surface area contributed by atoms with Crippen molar-refractivity contribution in [2.24, 2.45) is 5.92 Å². The third-order valence-electron chi connectivity index (χ3n) is 4.08. The third-order valence-corrected chi connectivity index (χ3v) is 4.08. The van der Waals surface area contributed by atoms with Crippen molar-refractivity contribution in [1.82, 2.24) is 15.6 Å². The molecule has 1 fully saturated rings. The molecule has 8 heteroatoms. The summed E-state index contributed by atoms with van der Waals surface area (Å²) in [7, 11) is 0. The molecule has 2 aromatic heterocycles. The van der Waals surface area contributed by atoms with Crippen LogP contribution in [0.5, 0.6) is 0 Å². The number of piperidine rings is 1. The number of carbonyl (C=O) groups excluding carboxylic acids is 1. The number of aromatic nitrogens is 1. The van der Waals surface area contributed by atoms with Crippen LogP contribution in [0.3, 0.4) is 0 Å². The van der Waals surface area contributed by atoms with Crippen molar-refractivity contribution in [3.8, 4) is 11.7 Å². The van der Waals surface area contributed by atoms with Gasteiger partial charge in [-0.15, -0.1) is 24.8 Å². The van der Waals surface area contributed by atoms with Crippen molar-refractivity contribution in [3.05, 3.63) is 29.9 Å². The van der Waals surface area contributed by atoms with E-state index < -0.39 is 0 Å². The van der Waals surface area contributed by atoms with Gasteiger partial charge in [-0.25, -0.2) is 4.98 Å². The highest BCUT2D eigenvalue weighted by Gasteiger charge is 2.23. The number of halogens is 2. The van der Waals surface area contributed by atoms with Gasteiger partial charge in [0.15, 0.2) is 5.76 Å². The second-order valence-corrected chi connectivity index (χ2v) is 5.82. The van der Waals surface area contributed by atoms with E-state index in [0.717, 1.165) is 19.5 Å². The van der Waals surface area contributed by atoms with Gasteiger partial charge in [0.1, 0.15) is 5.76 Å². The molecule has 2 aromatic rings. The Balaban J connectivity index is 0.00000144. The van der Waals surface area contributed by atoms with Gasteiger partial charge in [-0.1, -0.05) is 6.92 Å². The van der Waals surface area contributed by atoms with Gasteiger partial charge in [-0.2, -0.15) is 0 Å². The lowest BCUT2D eigenvalue weighted by atomic mass is 9.95. The van der Waals surface area contributed by atoms with Crippen molar-refractivity contribution in [1.29, 1.82) is 0 Å². The molecular formula is C16H23Cl2N3O3. The fraction of sp³-hybridized carbons (Fsp3) is 0.500. The molecule has 0 aromatic carbocycles. The quantitative estimate of drug-likeness (QED) is 0.858. The largest absolute Gasteiger partial charge is 0.459 e. The number of nitrogens with zero attached hydrogens (tertiary/aromatic N) is 1. The first-order valence-electron chi connectivity index (χ1n) is 7.63. The Hall–Kier alpha value is -1.50. The molecule has 1 aliphatic rings. The standard InChI is InChI=1S/C16H21N3O3.2ClH/c1-10-9-17-6-5-12(10)18-15(20)8-13-11(2)22-16(19-13)14-4-3-7-21-14;;/h3-4,7,10,12,17H,5-6,8-9H2,1-2H3,(H,18,20);2*1H. The normalized spacial score (nSPS) is 19.9. The number of hydrogen-bond donors (Lipinski definition) is 2. The molecule has 0 bridgehead atoms. The van der Waals surface area contributed by atoms with Crippen molar-refractivity contribution < 1.29 is 13.6 Å². The van der Waals surface area contributed by atoms with Gasteiger partial charge in [-0.05, 0) is 44.5 Å².